The molecule has 92 valence electrons. The van der Waals surface area contributed by atoms with Crippen LogP contribution in [0.15, 0.2) is 11.6 Å². The first-order valence-electron chi connectivity index (χ1n) is 5.18. The number of nitrogens with zero attached hydrogens (tertiary/aromatic N) is 2. The molecule has 0 spiro atoms. The van der Waals surface area contributed by atoms with Crippen LogP contribution in [0.5, 0.6) is 0 Å². The van der Waals surface area contributed by atoms with Crippen molar-refractivity contribution in [3.8, 4) is 0 Å². The van der Waals surface area contributed by atoms with Crippen LogP contribution in [0.1, 0.15) is 18.9 Å². The third-order valence-corrected chi connectivity index (χ3v) is 3.99. The van der Waals surface area contributed by atoms with E-state index in [2.05, 4.69) is 23.7 Å². The summed E-state index contributed by atoms with van der Waals surface area (Å²) in [4.78, 5) is 6.34. The second kappa shape index (κ2) is 5.75. The highest BCUT2D eigenvalue weighted by atomic mass is 32.2. The van der Waals surface area contributed by atoms with E-state index in [9.17, 15) is 8.42 Å². The van der Waals surface area contributed by atoms with Gasteiger partial charge >= 0.3 is 0 Å². The predicted octanol–water partition coefficient (Wildman–Crippen LogP) is 1.40. The van der Waals surface area contributed by atoms with Gasteiger partial charge in [0.05, 0.1) is 12.3 Å². The first-order valence-corrected chi connectivity index (χ1v) is 8.12. The lowest BCUT2D eigenvalue weighted by Gasteiger charge is -2.24. The van der Waals surface area contributed by atoms with Gasteiger partial charge in [0.2, 0.25) is 0 Å². The Morgan fingerprint density at radius 3 is 2.62 bits per heavy atom. The second-order valence-electron chi connectivity index (χ2n) is 4.12. The SMILES string of the molecule is CC(C)N(CCS(C)(=O)=O)Cc1nccs1. The molecule has 0 amide bonds. The van der Waals surface area contributed by atoms with Crippen molar-refractivity contribution in [3.05, 3.63) is 16.6 Å². The molecular weight excluding hydrogens is 244 g/mol. The van der Waals surface area contributed by atoms with Gasteiger partial charge in [-0.2, -0.15) is 0 Å². The van der Waals surface area contributed by atoms with Gasteiger partial charge in [-0.15, -0.1) is 11.3 Å². The van der Waals surface area contributed by atoms with E-state index >= 15 is 0 Å². The maximum absolute atomic E-state index is 11.1. The van der Waals surface area contributed by atoms with Gasteiger partial charge in [-0.3, -0.25) is 4.90 Å². The van der Waals surface area contributed by atoms with Crippen LogP contribution in [0.3, 0.4) is 0 Å². The average Bonchev–Trinajstić information content (AvgIpc) is 2.62. The molecule has 1 rings (SSSR count). The fraction of sp³-hybridized carbons (Fsp3) is 0.700. The van der Waals surface area contributed by atoms with Crippen LogP contribution in [-0.2, 0) is 16.4 Å². The van der Waals surface area contributed by atoms with Gasteiger partial charge in [-0.1, -0.05) is 0 Å². The fourth-order valence-corrected chi connectivity index (χ4v) is 2.51. The minimum absolute atomic E-state index is 0.205. The number of hydrogen-bond acceptors (Lipinski definition) is 5. The van der Waals surface area contributed by atoms with Crippen molar-refractivity contribution in [1.29, 1.82) is 0 Å². The molecule has 0 bridgehead atoms. The zero-order valence-electron chi connectivity index (χ0n) is 9.88. The number of thiazole rings is 1. The van der Waals surface area contributed by atoms with E-state index in [1.807, 2.05) is 5.38 Å². The van der Waals surface area contributed by atoms with Crippen LogP contribution < -0.4 is 0 Å². The van der Waals surface area contributed by atoms with Crippen molar-refractivity contribution in [2.75, 3.05) is 18.6 Å². The summed E-state index contributed by atoms with van der Waals surface area (Å²) in [6, 6.07) is 0.325. The molecule has 1 aromatic rings. The Kier molecular flexibility index (Phi) is 4.89. The molecule has 0 aliphatic rings. The standard InChI is InChI=1S/C10H18N2O2S2/c1-9(2)12(5-7-16(3,13)14)8-10-11-4-6-15-10/h4,6,9H,5,7-8H2,1-3H3. The van der Waals surface area contributed by atoms with Gasteiger partial charge < -0.3 is 0 Å². The van der Waals surface area contributed by atoms with Gasteiger partial charge in [-0.05, 0) is 13.8 Å². The first-order chi connectivity index (χ1) is 7.38. The van der Waals surface area contributed by atoms with Crippen LogP contribution in [0, 0.1) is 0 Å². The normalized spacial score (nSPS) is 12.6. The van der Waals surface area contributed by atoms with Gasteiger partial charge in [0.1, 0.15) is 14.8 Å². The monoisotopic (exact) mass is 262 g/mol. The molecule has 0 radical (unpaired) electrons. The van der Waals surface area contributed by atoms with Crippen molar-refractivity contribution < 1.29 is 8.42 Å². The van der Waals surface area contributed by atoms with Crippen molar-refractivity contribution in [3.63, 3.8) is 0 Å². The summed E-state index contributed by atoms with van der Waals surface area (Å²) in [5.41, 5.74) is 0. The molecule has 0 saturated heterocycles. The third-order valence-electron chi connectivity index (χ3n) is 2.30. The van der Waals surface area contributed by atoms with E-state index in [1.54, 1.807) is 17.5 Å². The molecule has 0 unspecified atom stereocenters. The largest absolute Gasteiger partial charge is 0.293 e. The Morgan fingerprint density at radius 1 is 1.50 bits per heavy atom. The smallest absolute Gasteiger partial charge is 0.148 e. The van der Waals surface area contributed by atoms with Crippen LogP contribution in [0.25, 0.3) is 0 Å². The lowest BCUT2D eigenvalue weighted by molar-refractivity contribution is 0.225. The summed E-state index contributed by atoms with van der Waals surface area (Å²) in [5.74, 6) is 0.205. The average molecular weight is 262 g/mol. The van der Waals surface area contributed by atoms with E-state index < -0.39 is 9.84 Å². The molecule has 1 aromatic heterocycles. The molecule has 6 heteroatoms. The summed E-state index contributed by atoms with van der Waals surface area (Å²) in [5, 5.41) is 2.96. The molecule has 4 nitrogen and oxygen atoms in total. The summed E-state index contributed by atoms with van der Waals surface area (Å²) in [6.45, 7) is 5.42. The lowest BCUT2D eigenvalue weighted by Crippen LogP contribution is -2.34. The Labute approximate surface area is 101 Å². The minimum atomic E-state index is -2.89. The number of sulfone groups is 1. The first kappa shape index (κ1) is 13.6. The van der Waals surface area contributed by atoms with Crippen molar-refractivity contribution in [2.24, 2.45) is 0 Å². The van der Waals surface area contributed by atoms with E-state index in [4.69, 9.17) is 0 Å². The van der Waals surface area contributed by atoms with Crippen LogP contribution in [-0.4, -0.2) is 42.9 Å². The molecule has 16 heavy (non-hydrogen) atoms. The molecule has 0 aliphatic carbocycles. The summed E-state index contributed by atoms with van der Waals surface area (Å²) >= 11 is 1.60. The van der Waals surface area contributed by atoms with Gasteiger partial charge in [0.25, 0.3) is 0 Å². The molecule has 0 atom stereocenters. The molecule has 1 heterocycles. The van der Waals surface area contributed by atoms with Gasteiger partial charge in [0.15, 0.2) is 0 Å². The zero-order valence-corrected chi connectivity index (χ0v) is 11.5. The maximum Gasteiger partial charge on any atom is 0.148 e. The Balaban J connectivity index is 2.55. The van der Waals surface area contributed by atoms with Crippen molar-refractivity contribution in [2.45, 2.75) is 26.4 Å². The quantitative estimate of drug-likeness (QED) is 0.777. The molecule has 0 aliphatic heterocycles. The van der Waals surface area contributed by atoms with E-state index in [-0.39, 0.29) is 5.75 Å². The van der Waals surface area contributed by atoms with E-state index in [0.29, 0.717) is 12.6 Å². The van der Waals surface area contributed by atoms with E-state index in [1.165, 1.54) is 6.26 Å². The topological polar surface area (TPSA) is 50.3 Å². The second-order valence-corrected chi connectivity index (χ2v) is 7.36. The zero-order chi connectivity index (χ0) is 12.2. The predicted molar refractivity (Wildman–Crippen MR) is 67.4 cm³/mol. The highest BCUT2D eigenvalue weighted by Gasteiger charge is 2.14. The number of hydrogen-bond donors (Lipinski definition) is 0. The Morgan fingerprint density at radius 2 is 2.19 bits per heavy atom. The van der Waals surface area contributed by atoms with Gasteiger partial charge in [0, 0.05) is 30.4 Å². The third kappa shape index (κ3) is 5.05. The van der Waals surface area contributed by atoms with Crippen molar-refractivity contribution >= 4 is 21.2 Å². The molecular formula is C10H18N2O2S2. The molecule has 0 N–H and O–H groups in total. The number of aromatic nitrogens is 1. The summed E-state index contributed by atoms with van der Waals surface area (Å²) in [7, 11) is -2.89. The number of rotatable bonds is 6. The molecule has 0 saturated carbocycles. The summed E-state index contributed by atoms with van der Waals surface area (Å²) < 4.78 is 22.2. The highest BCUT2D eigenvalue weighted by Crippen LogP contribution is 2.10. The van der Waals surface area contributed by atoms with Crippen LogP contribution in [0.2, 0.25) is 0 Å². The van der Waals surface area contributed by atoms with Crippen molar-refractivity contribution in [1.82, 2.24) is 9.88 Å². The summed E-state index contributed by atoms with van der Waals surface area (Å²) in [6.07, 6.45) is 3.05. The van der Waals surface area contributed by atoms with E-state index in [0.717, 1.165) is 11.6 Å². The minimum Gasteiger partial charge on any atom is -0.293 e. The Hall–Kier alpha value is -0.460. The lowest BCUT2D eigenvalue weighted by atomic mass is 10.3. The fourth-order valence-electron chi connectivity index (χ4n) is 1.31. The van der Waals surface area contributed by atoms with Gasteiger partial charge in [-0.25, -0.2) is 13.4 Å². The van der Waals surface area contributed by atoms with Crippen LogP contribution >= 0.6 is 11.3 Å². The Bertz CT molecular complexity index is 398. The molecule has 0 fully saturated rings. The maximum atomic E-state index is 11.1. The molecule has 0 aromatic carbocycles. The van der Waals surface area contributed by atoms with Crippen LogP contribution in [0.4, 0.5) is 0 Å². The highest BCUT2D eigenvalue weighted by molar-refractivity contribution is 7.90.